The first-order chi connectivity index (χ1) is 4.88. The first kappa shape index (κ1) is 6.04. The first-order valence-electron chi connectivity index (χ1n) is 3.07. The summed E-state index contributed by atoms with van der Waals surface area (Å²) in [5.41, 5.74) is 0.760. The van der Waals surface area contributed by atoms with E-state index in [1.165, 1.54) is 11.8 Å². The number of carbonyl (C=O) groups excluding carboxylic acids is 1. The van der Waals surface area contributed by atoms with Gasteiger partial charge in [-0.2, -0.15) is 0 Å². The van der Waals surface area contributed by atoms with Crippen LogP contribution >= 0.6 is 11.8 Å². The molecular weight excluding hydrogens is 148 g/mol. The van der Waals surface area contributed by atoms with E-state index in [1.54, 1.807) is 0 Å². The molecule has 0 aromatic heterocycles. The quantitative estimate of drug-likeness (QED) is 0.522. The molecule has 0 aromatic carbocycles. The van der Waals surface area contributed by atoms with Gasteiger partial charge < -0.3 is 4.74 Å². The molecule has 3 heteroatoms. The number of thioether (sulfide) groups is 1. The number of allylic oxidation sites excluding steroid dienone is 1. The number of hydrogen-bond donors (Lipinski definition) is 0. The summed E-state index contributed by atoms with van der Waals surface area (Å²) in [7, 11) is 0. The maximum absolute atomic E-state index is 11.0. The summed E-state index contributed by atoms with van der Waals surface area (Å²) in [5, 5.41) is 0.144. The topological polar surface area (TPSA) is 26.3 Å². The van der Waals surface area contributed by atoms with E-state index in [0.29, 0.717) is 6.61 Å². The Hall–Kier alpha value is -0.700. The van der Waals surface area contributed by atoms with Gasteiger partial charge >= 0.3 is 0 Å². The van der Waals surface area contributed by atoms with Crippen LogP contribution < -0.4 is 0 Å². The molecule has 0 aromatic rings. The summed E-state index contributed by atoms with van der Waals surface area (Å²) in [6, 6.07) is 0. The Morgan fingerprint density at radius 2 is 2.50 bits per heavy atom. The second-order valence-corrected chi connectivity index (χ2v) is 3.07. The largest absolute Gasteiger partial charge is 0.492 e. The molecule has 2 aliphatic rings. The van der Waals surface area contributed by atoms with Crippen LogP contribution in [0.3, 0.4) is 0 Å². The number of hydrogen-bond acceptors (Lipinski definition) is 3. The molecule has 2 rings (SSSR count). The standard InChI is InChI=1S/C7H6O2S/c8-7-5-2-1-3-9-6(5)4-10-7/h1-2H,3-4H2. The van der Waals surface area contributed by atoms with Crippen molar-refractivity contribution >= 4 is 16.9 Å². The van der Waals surface area contributed by atoms with Crippen LogP contribution in [0, 0.1) is 0 Å². The van der Waals surface area contributed by atoms with Crippen LogP contribution in [0.15, 0.2) is 23.5 Å². The van der Waals surface area contributed by atoms with Crippen molar-refractivity contribution in [1.29, 1.82) is 0 Å². The van der Waals surface area contributed by atoms with Gasteiger partial charge in [0.05, 0.1) is 11.3 Å². The van der Waals surface area contributed by atoms with E-state index in [1.807, 2.05) is 12.2 Å². The van der Waals surface area contributed by atoms with Crippen LogP contribution in [0.4, 0.5) is 0 Å². The molecule has 0 N–H and O–H groups in total. The summed E-state index contributed by atoms with van der Waals surface area (Å²) < 4.78 is 5.22. The number of rotatable bonds is 0. The van der Waals surface area contributed by atoms with E-state index in [9.17, 15) is 4.79 Å². The molecule has 0 bridgehead atoms. The molecule has 52 valence electrons. The van der Waals surface area contributed by atoms with Gasteiger partial charge in [-0.3, -0.25) is 4.79 Å². The third kappa shape index (κ3) is 0.778. The molecule has 0 spiro atoms. The average Bonchev–Trinajstić information content (AvgIpc) is 2.34. The maximum Gasteiger partial charge on any atom is 0.223 e. The Balaban J connectivity index is 2.38. The van der Waals surface area contributed by atoms with Crippen molar-refractivity contribution < 1.29 is 9.53 Å². The Bertz CT molecular complexity index is 236. The fourth-order valence-corrected chi connectivity index (χ4v) is 1.83. The Morgan fingerprint density at radius 3 is 3.30 bits per heavy atom. The van der Waals surface area contributed by atoms with Crippen LogP contribution in [0.25, 0.3) is 0 Å². The highest BCUT2D eigenvalue weighted by atomic mass is 32.2. The zero-order valence-corrected chi connectivity index (χ0v) is 6.11. The lowest BCUT2D eigenvalue weighted by molar-refractivity contribution is -0.107. The predicted molar refractivity (Wildman–Crippen MR) is 39.6 cm³/mol. The molecule has 0 saturated heterocycles. The number of carbonyl (C=O) groups is 1. The van der Waals surface area contributed by atoms with E-state index < -0.39 is 0 Å². The Labute approximate surface area is 62.9 Å². The minimum atomic E-state index is 0.144. The molecular formula is C7H6O2S. The monoisotopic (exact) mass is 154 g/mol. The van der Waals surface area contributed by atoms with Gasteiger partial charge in [0.1, 0.15) is 12.4 Å². The van der Waals surface area contributed by atoms with Gasteiger partial charge in [-0.15, -0.1) is 0 Å². The van der Waals surface area contributed by atoms with Crippen LogP contribution in [0.5, 0.6) is 0 Å². The lowest BCUT2D eigenvalue weighted by Gasteiger charge is -2.07. The van der Waals surface area contributed by atoms with E-state index in [-0.39, 0.29) is 5.12 Å². The van der Waals surface area contributed by atoms with Crippen molar-refractivity contribution in [2.45, 2.75) is 0 Å². The lowest BCUT2D eigenvalue weighted by atomic mass is 10.2. The van der Waals surface area contributed by atoms with Gasteiger partial charge in [0, 0.05) is 0 Å². The van der Waals surface area contributed by atoms with Crippen LogP contribution in [0.2, 0.25) is 0 Å². The van der Waals surface area contributed by atoms with Gasteiger partial charge in [0.15, 0.2) is 0 Å². The zero-order chi connectivity index (χ0) is 6.97. The summed E-state index contributed by atoms with van der Waals surface area (Å²) in [5.74, 6) is 1.58. The molecule has 0 unspecified atom stereocenters. The summed E-state index contributed by atoms with van der Waals surface area (Å²) in [6.45, 7) is 0.618. The van der Waals surface area contributed by atoms with Crippen LogP contribution in [0.1, 0.15) is 0 Å². The smallest absolute Gasteiger partial charge is 0.223 e. The molecule has 0 saturated carbocycles. The summed E-state index contributed by atoms with van der Waals surface area (Å²) in [6.07, 6.45) is 3.71. The second kappa shape index (κ2) is 2.16. The van der Waals surface area contributed by atoms with Crippen molar-refractivity contribution in [3.05, 3.63) is 23.5 Å². The second-order valence-electron chi connectivity index (χ2n) is 2.13. The van der Waals surface area contributed by atoms with Gasteiger partial charge in [-0.25, -0.2) is 0 Å². The van der Waals surface area contributed by atoms with Crippen molar-refractivity contribution in [2.75, 3.05) is 12.4 Å². The fourth-order valence-electron chi connectivity index (χ4n) is 0.996. The summed E-state index contributed by atoms with van der Waals surface area (Å²) >= 11 is 1.31. The van der Waals surface area contributed by atoms with Gasteiger partial charge in [0.2, 0.25) is 5.12 Å². The minimum Gasteiger partial charge on any atom is -0.492 e. The molecule has 0 fully saturated rings. The average molecular weight is 154 g/mol. The molecule has 0 amide bonds. The molecule has 2 heterocycles. The highest BCUT2D eigenvalue weighted by Crippen LogP contribution is 2.29. The predicted octanol–water partition coefficient (Wildman–Crippen LogP) is 1.10. The SMILES string of the molecule is O=C1SCC2=C1C=CCO2. The normalized spacial score (nSPS) is 23.0. The van der Waals surface area contributed by atoms with Crippen molar-refractivity contribution in [1.82, 2.24) is 0 Å². The van der Waals surface area contributed by atoms with Crippen molar-refractivity contribution in [3.8, 4) is 0 Å². The lowest BCUT2D eigenvalue weighted by Crippen LogP contribution is -2.00. The van der Waals surface area contributed by atoms with Crippen molar-refractivity contribution in [3.63, 3.8) is 0 Å². The van der Waals surface area contributed by atoms with Crippen LogP contribution in [-0.4, -0.2) is 17.5 Å². The highest BCUT2D eigenvalue weighted by Gasteiger charge is 2.24. The third-order valence-electron chi connectivity index (χ3n) is 1.49. The first-order valence-corrected chi connectivity index (χ1v) is 4.06. The molecule has 10 heavy (non-hydrogen) atoms. The molecule has 0 radical (unpaired) electrons. The minimum absolute atomic E-state index is 0.144. The fraction of sp³-hybridized carbons (Fsp3) is 0.286. The Kier molecular flexibility index (Phi) is 1.31. The van der Waals surface area contributed by atoms with Crippen molar-refractivity contribution in [2.24, 2.45) is 0 Å². The van der Waals surface area contributed by atoms with E-state index in [0.717, 1.165) is 17.1 Å². The van der Waals surface area contributed by atoms with Gasteiger partial charge in [0.25, 0.3) is 0 Å². The summed E-state index contributed by atoms with van der Waals surface area (Å²) in [4.78, 5) is 11.0. The van der Waals surface area contributed by atoms with E-state index in [2.05, 4.69) is 0 Å². The maximum atomic E-state index is 11.0. The Morgan fingerprint density at radius 1 is 1.60 bits per heavy atom. The molecule has 2 nitrogen and oxygen atoms in total. The molecule has 0 aliphatic carbocycles. The van der Waals surface area contributed by atoms with E-state index in [4.69, 9.17) is 4.74 Å². The van der Waals surface area contributed by atoms with Crippen LogP contribution in [-0.2, 0) is 9.53 Å². The molecule has 0 atom stereocenters. The zero-order valence-electron chi connectivity index (χ0n) is 5.29. The van der Waals surface area contributed by atoms with E-state index >= 15 is 0 Å². The molecule has 2 aliphatic heterocycles. The number of ether oxygens (including phenoxy) is 1. The van der Waals surface area contributed by atoms with Gasteiger partial charge in [-0.1, -0.05) is 11.8 Å². The highest BCUT2D eigenvalue weighted by molar-refractivity contribution is 8.14. The third-order valence-corrected chi connectivity index (χ3v) is 2.38. The van der Waals surface area contributed by atoms with Gasteiger partial charge in [-0.05, 0) is 12.2 Å².